The van der Waals surface area contributed by atoms with Crippen molar-refractivity contribution in [3.63, 3.8) is 0 Å². The van der Waals surface area contributed by atoms with Gasteiger partial charge >= 0.3 is 5.97 Å². The van der Waals surface area contributed by atoms with Gasteiger partial charge < -0.3 is 9.64 Å². The summed E-state index contributed by atoms with van der Waals surface area (Å²) in [5.41, 5.74) is 2.98. The monoisotopic (exact) mass is 380 g/mol. The third-order valence-electron chi connectivity index (χ3n) is 4.39. The minimum atomic E-state index is -0.512. The average Bonchev–Trinajstić information content (AvgIpc) is 2.93. The van der Waals surface area contributed by atoms with Crippen molar-refractivity contribution in [3.05, 3.63) is 76.8 Å². The summed E-state index contributed by atoms with van der Waals surface area (Å²) in [7, 11) is 1.32. The number of ether oxygens (including phenoxy) is 1. The van der Waals surface area contributed by atoms with Gasteiger partial charge in [-0.25, -0.2) is 4.79 Å². The van der Waals surface area contributed by atoms with Crippen LogP contribution >= 0.6 is 11.8 Å². The zero-order valence-electron chi connectivity index (χ0n) is 15.4. The van der Waals surface area contributed by atoms with Crippen molar-refractivity contribution in [1.29, 1.82) is 0 Å². The standard InChI is InChI=1S/C21H20N2O3S/c1-14-19(21(25)26-2)18(11-15-6-8-17(27-3)9-7-15)20(24)23(14)13-16-5-4-10-22-12-16/h4-12H,13H2,1-3H3. The Kier molecular flexibility index (Phi) is 5.76. The normalized spacial score (nSPS) is 15.6. The van der Waals surface area contributed by atoms with Gasteiger partial charge in [0.15, 0.2) is 0 Å². The topological polar surface area (TPSA) is 59.5 Å². The molecule has 0 saturated heterocycles. The number of carbonyl (C=O) groups excluding carboxylic acids is 2. The molecule has 3 rings (SSSR count). The quantitative estimate of drug-likeness (QED) is 0.450. The SMILES string of the molecule is COC(=O)C1=C(C)N(Cc2cccnc2)C(=O)C1=Cc1ccc(SC)cc1. The molecular formula is C21H20N2O3S. The van der Waals surface area contributed by atoms with Crippen molar-refractivity contribution in [3.8, 4) is 0 Å². The van der Waals surface area contributed by atoms with E-state index in [-0.39, 0.29) is 5.91 Å². The predicted molar refractivity (Wildman–Crippen MR) is 106 cm³/mol. The molecule has 27 heavy (non-hydrogen) atoms. The Morgan fingerprint density at radius 1 is 1.26 bits per heavy atom. The largest absolute Gasteiger partial charge is 0.465 e. The summed E-state index contributed by atoms with van der Waals surface area (Å²) in [5.74, 6) is -0.729. The highest BCUT2D eigenvalue weighted by atomic mass is 32.2. The average molecular weight is 380 g/mol. The fourth-order valence-corrected chi connectivity index (χ4v) is 3.37. The van der Waals surface area contributed by atoms with Crippen LogP contribution in [0.1, 0.15) is 18.1 Å². The van der Waals surface area contributed by atoms with Crippen LogP contribution in [0.25, 0.3) is 6.08 Å². The number of hydrogen-bond acceptors (Lipinski definition) is 5. The number of pyridine rings is 1. The van der Waals surface area contributed by atoms with Crippen molar-refractivity contribution in [2.75, 3.05) is 13.4 Å². The Morgan fingerprint density at radius 2 is 2.00 bits per heavy atom. The summed E-state index contributed by atoms with van der Waals surface area (Å²) < 4.78 is 4.92. The maximum absolute atomic E-state index is 13.1. The van der Waals surface area contributed by atoms with E-state index in [2.05, 4.69) is 4.98 Å². The molecule has 1 aliphatic rings. The van der Waals surface area contributed by atoms with Crippen LogP contribution in [0.15, 0.2) is 70.5 Å². The van der Waals surface area contributed by atoms with E-state index in [0.717, 1.165) is 16.0 Å². The molecule has 0 bridgehead atoms. The lowest BCUT2D eigenvalue weighted by molar-refractivity contribution is -0.136. The van der Waals surface area contributed by atoms with Gasteiger partial charge in [0.05, 0.1) is 24.8 Å². The van der Waals surface area contributed by atoms with E-state index in [1.165, 1.54) is 7.11 Å². The van der Waals surface area contributed by atoms with E-state index in [1.807, 2.05) is 42.7 Å². The first-order chi connectivity index (χ1) is 13.0. The van der Waals surface area contributed by atoms with Crippen molar-refractivity contribution in [1.82, 2.24) is 9.88 Å². The number of benzene rings is 1. The molecule has 2 aromatic rings. The summed E-state index contributed by atoms with van der Waals surface area (Å²) in [5, 5.41) is 0. The fraction of sp³-hybridized carbons (Fsp3) is 0.190. The van der Waals surface area contributed by atoms with Crippen LogP contribution in [0.4, 0.5) is 0 Å². The zero-order valence-corrected chi connectivity index (χ0v) is 16.2. The maximum Gasteiger partial charge on any atom is 0.340 e. The molecule has 2 heterocycles. The molecule has 1 aromatic carbocycles. The second-order valence-corrected chi connectivity index (χ2v) is 6.92. The third-order valence-corrected chi connectivity index (χ3v) is 5.13. The van der Waals surface area contributed by atoms with Crippen molar-refractivity contribution in [2.45, 2.75) is 18.4 Å². The highest BCUT2D eigenvalue weighted by Gasteiger charge is 2.36. The fourth-order valence-electron chi connectivity index (χ4n) is 2.96. The van der Waals surface area contributed by atoms with E-state index < -0.39 is 5.97 Å². The van der Waals surface area contributed by atoms with E-state index in [4.69, 9.17) is 4.74 Å². The van der Waals surface area contributed by atoms with Gasteiger partial charge in [0.25, 0.3) is 5.91 Å². The zero-order chi connectivity index (χ0) is 19.4. The van der Waals surface area contributed by atoms with Crippen molar-refractivity contribution >= 4 is 29.7 Å². The molecule has 5 nitrogen and oxygen atoms in total. The van der Waals surface area contributed by atoms with Crippen LogP contribution in [0.2, 0.25) is 0 Å². The molecule has 0 N–H and O–H groups in total. The summed E-state index contributed by atoms with van der Waals surface area (Å²) in [6.07, 6.45) is 7.14. The lowest BCUT2D eigenvalue weighted by atomic mass is 10.0. The molecule has 0 atom stereocenters. The Bertz CT molecular complexity index is 918. The predicted octanol–water partition coefficient (Wildman–Crippen LogP) is 3.68. The molecule has 1 aliphatic heterocycles. The van der Waals surface area contributed by atoms with Gasteiger partial charge in [0.1, 0.15) is 0 Å². The summed E-state index contributed by atoms with van der Waals surface area (Å²) in [6, 6.07) is 11.5. The van der Waals surface area contributed by atoms with Crippen LogP contribution in [0, 0.1) is 0 Å². The first-order valence-corrected chi connectivity index (χ1v) is 9.63. The lowest BCUT2D eigenvalue weighted by Gasteiger charge is -2.17. The molecule has 0 aliphatic carbocycles. The Hall–Kier alpha value is -2.86. The molecular weight excluding hydrogens is 360 g/mol. The minimum Gasteiger partial charge on any atom is -0.465 e. The Labute approximate surface area is 162 Å². The summed E-state index contributed by atoms with van der Waals surface area (Å²) in [6.45, 7) is 2.11. The number of thioether (sulfide) groups is 1. The van der Waals surface area contributed by atoms with Crippen LogP contribution in [0.3, 0.4) is 0 Å². The molecule has 0 saturated carbocycles. The second kappa shape index (κ2) is 8.22. The van der Waals surface area contributed by atoms with Crippen LogP contribution in [-0.4, -0.2) is 35.1 Å². The lowest BCUT2D eigenvalue weighted by Crippen LogP contribution is -2.24. The van der Waals surface area contributed by atoms with Gasteiger partial charge in [-0.2, -0.15) is 0 Å². The van der Waals surface area contributed by atoms with E-state index >= 15 is 0 Å². The van der Waals surface area contributed by atoms with Gasteiger partial charge in [0.2, 0.25) is 0 Å². The number of amides is 1. The molecule has 1 amide bonds. The molecule has 138 valence electrons. The highest BCUT2D eigenvalue weighted by Crippen LogP contribution is 2.33. The van der Waals surface area contributed by atoms with Crippen molar-refractivity contribution < 1.29 is 14.3 Å². The van der Waals surface area contributed by atoms with Crippen LogP contribution in [0.5, 0.6) is 0 Å². The first kappa shape index (κ1) is 18.9. The maximum atomic E-state index is 13.1. The van der Waals surface area contributed by atoms with Gasteiger partial charge in [0, 0.05) is 23.0 Å². The van der Waals surface area contributed by atoms with Crippen LogP contribution in [-0.2, 0) is 20.9 Å². The summed E-state index contributed by atoms with van der Waals surface area (Å²) >= 11 is 1.65. The van der Waals surface area contributed by atoms with Crippen LogP contribution < -0.4 is 0 Å². The van der Waals surface area contributed by atoms with Gasteiger partial charge in [-0.1, -0.05) is 18.2 Å². The number of methoxy groups -OCH3 is 1. The molecule has 0 radical (unpaired) electrons. The van der Waals surface area contributed by atoms with E-state index in [0.29, 0.717) is 23.4 Å². The summed E-state index contributed by atoms with van der Waals surface area (Å²) in [4.78, 5) is 32.2. The number of rotatable bonds is 5. The number of aromatic nitrogens is 1. The Balaban J connectivity index is 2.00. The molecule has 6 heteroatoms. The van der Waals surface area contributed by atoms with Gasteiger partial charge in [-0.15, -0.1) is 11.8 Å². The van der Waals surface area contributed by atoms with E-state index in [1.54, 1.807) is 42.1 Å². The number of hydrogen-bond donors (Lipinski definition) is 0. The number of allylic oxidation sites excluding steroid dienone is 1. The highest BCUT2D eigenvalue weighted by molar-refractivity contribution is 7.98. The van der Waals surface area contributed by atoms with E-state index in [9.17, 15) is 9.59 Å². The number of nitrogens with zero attached hydrogens (tertiary/aromatic N) is 2. The third kappa shape index (κ3) is 3.95. The minimum absolute atomic E-state index is 0.217. The van der Waals surface area contributed by atoms with Gasteiger partial charge in [-0.05, 0) is 48.6 Å². The smallest absolute Gasteiger partial charge is 0.340 e. The number of carbonyl (C=O) groups is 2. The van der Waals surface area contributed by atoms with Crippen molar-refractivity contribution in [2.24, 2.45) is 0 Å². The second-order valence-electron chi connectivity index (χ2n) is 6.04. The molecule has 0 unspecified atom stereocenters. The Morgan fingerprint density at radius 3 is 2.59 bits per heavy atom. The van der Waals surface area contributed by atoms with Gasteiger partial charge in [-0.3, -0.25) is 9.78 Å². The molecule has 1 aromatic heterocycles. The first-order valence-electron chi connectivity index (χ1n) is 8.41. The molecule has 0 fully saturated rings. The molecule has 0 spiro atoms. The number of esters is 1.